The van der Waals surface area contributed by atoms with Crippen molar-refractivity contribution in [3.05, 3.63) is 130 Å². The van der Waals surface area contributed by atoms with Crippen LogP contribution in [0.25, 0.3) is 0 Å². The summed E-state index contributed by atoms with van der Waals surface area (Å²) in [4.78, 5) is 59.2. The van der Waals surface area contributed by atoms with Crippen LogP contribution < -0.4 is 15.8 Å². The third-order valence-corrected chi connectivity index (χ3v) is 11.3. The van der Waals surface area contributed by atoms with Gasteiger partial charge in [-0.15, -0.1) is 0 Å². The van der Waals surface area contributed by atoms with E-state index in [1.165, 1.54) is 48.5 Å². The molecule has 6 unspecified atom stereocenters. The molecule has 0 spiro atoms. The lowest BCUT2D eigenvalue weighted by atomic mass is 9.49. The maximum absolute atomic E-state index is 15.3. The van der Waals surface area contributed by atoms with Gasteiger partial charge < -0.3 is 15.2 Å². The van der Waals surface area contributed by atoms with E-state index in [4.69, 9.17) is 11.6 Å². The van der Waals surface area contributed by atoms with Crippen molar-refractivity contribution in [2.24, 2.45) is 23.7 Å². The first-order valence-electron chi connectivity index (χ1n) is 16.6. The number of nitrogens with one attached hydrogen (secondary N) is 1. The Bertz CT molecular complexity index is 2200. The van der Waals surface area contributed by atoms with E-state index in [1.807, 2.05) is 0 Å². The average molecular weight is 724 g/mol. The van der Waals surface area contributed by atoms with E-state index in [1.54, 1.807) is 30.3 Å². The second-order valence-corrected chi connectivity index (χ2v) is 14.0. The fraction of sp³-hybridized carbons (Fsp3) is 0.211. The Morgan fingerprint density at radius 2 is 1.56 bits per heavy atom. The Labute approximate surface area is 301 Å². The van der Waals surface area contributed by atoms with Crippen molar-refractivity contribution in [3.63, 3.8) is 0 Å². The number of imide groups is 2. The zero-order valence-electron chi connectivity index (χ0n) is 27.1. The Balaban J connectivity index is 1.32. The number of rotatable bonds is 6. The topological polar surface area (TPSA) is 147 Å². The van der Waals surface area contributed by atoms with Crippen LogP contribution in [0.15, 0.2) is 103 Å². The second kappa shape index (κ2) is 12.4. The van der Waals surface area contributed by atoms with Gasteiger partial charge in [0.2, 0.25) is 11.8 Å². The molecule has 8 rings (SSSR count). The van der Waals surface area contributed by atoms with Crippen molar-refractivity contribution in [2.75, 3.05) is 10.3 Å². The molecule has 14 heteroatoms. The lowest BCUT2D eigenvalue weighted by Gasteiger charge is -2.50. The Morgan fingerprint density at radius 1 is 0.846 bits per heavy atom. The molecule has 2 saturated heterocycles. The molecule has 4 aromatic carbocycles. The number of hydrogen-bond donors (Lipinski definition) is 4. The lowest BCUT2D eigenvalue weighted by molar-refractivity contribution is -0.138. The average Bonchev–Trinajstić information content (AvgIpc) is 3.51. The Morgan fingerprint density at radius 3 is 2.27 bits per heavy atom. The lowest BCUT2D eigenvalue weighted by Crippen LogP contribution is -2.53. The third kappa shape index (κ3) is 4.90. The minimum Gasteiger partial charge on any atom is -0.505 e. The monoisotopic (exact) mass is 723 g/mol. The summed E-state index contributed by atoms with van der Waals surface area (Å²) in [6.07, 6.45) is 1.75. The number of aromatic hydroxyl groups is 1. The Hall–Kier alpha value is -5.37. The number of amides is 4. The predicted octanol–water partition coefficient (Wildman–Crippen LogP) is 4.19. The highest BCUT2D eigenvalue weighted by Crippen LogP contribution is 2.65. The van der Waals surface area contributed by atoms with Gasteiger partial charge in [0.15, 0.2) is 11.6 Å². The normalized spacial score (nSPS) is 26.6. The standard InChI is InChI=1S/C38H29BClF2N3O7/c40-21-9-7-19(8-10-21)38-29(35(48)45(37(38)50)43-23-13-11-22(41)12-14-23)18-28-25(32(38)27-5-2-6-30(42)33(27)46)15-16-26-31(28)36(49)44(34(26)47)24-4-1-3-20(17-24)39(51)52/h1-15,17,26,28-29,31-32,43,46,51-52H,16,18H2. The molecule has 52 heavy (non-hydrogen) atoms. The molecule has 0 radical (unpaired) electrons. The highest BCUT2D eigenvalue weighted by Gasteiger charge is 2.70. The van der Waals surface area contributed by atoms with E-state index in [0.29, 0.717) is 16.2 Å². The van der Waals surface area contributed by atoms with Crippen molar-refractivity contribution >= 4 is 59.2 Å². The zero-order chi connectivity index (χ0) is 36.6. The number of carbonyl (C=O) groups is 4. The number of benzene rings is 4. The zero-order valence-corrected chi connectivity index (χ0v) is 27.9. The van der Waals surface area contributed by atoms with Gasteiger partial charge in [0.05, 0.1) is 34.5 Å². The van der Waals surface area contributed by atoms with Gasteiger partial charge in [-0.3, -0.25) is 29.5 Å². The number of fused-ring (bicyclic) bond motifs is 4. The molecule has 262 valence electrons. The van der Waals surface area contributed by atoms with Gasteiger partial charge in [0.25, 0.3) is 11.8 Å². The predicted molar refractivity (Wildman–Crippen MR) is 186 cm³/mol. The van der Waals surface area contributed by atoms with E-state index in [-0.39, 0.29) is 35.2 Å². The summed E-state index contributed by atoms with van der Waals surface area (Å²) in [6, 6.07) is 21.1. The van der Waals surface area contributed by atoms with Gasteiger partial charge in [-0.1, -0.05) is 59.6 Å². The number of nitrogens with zero attached hydrogens (tertiary/aromatic N) is 2. The minimum absolute atomic E-state index is 0.0115. The van der Waals surface area contributed by atoms with Gasteiger partial charge >= 0.3 is 7.12 Å². The molecule has 4 aliphatic rings. The first-order chi connectivity index (χ1) is 24.9. The number of anilines is 2. The Kier molecular flexibility index (Phi) is 8.05. The first kappa shape index (κ1) is 33.8. The summed E-state index contributed by atoms with van der Waals surface area (Å²) in [7, 11) is -1.85. The molecule has 0 bridgehead atoms. The SMILES string of the molecule is O=C1C2CC3C(=CCC4C(=O)N(c5cccc(B(O)O)c5)C(=O)C43)C(c3cccc(F)c3O)C2(c2ccc(Cl)cc2)C(=O)N1Nc1ccc(F)cc1. The molecule has 2 aliphatic heterocycles. The summed E-state index contributed by atoms with van der Waals surface area (Å²) >= 11 is 6.29. The number of hydrazine groups is 1. The molecule has 3 fully saturated rings. The van der Waals surface area contributed by atoms with E-state index in [2.05, 4.69) is 5.43 Å². The van der Waals surface area contributed by atoms with E-state index in [9.17, 15) is 33.9 Å². The molecule has 10 nitrogen and oxygen atoms in total. The summed E-state index contributed by atoms with van der Waals surface area (Å²) in [6.45, 7) is 0. The number of halogens is 3. The van der Waals surface area contributed by atoms with Gasteiger partial charge in [-0.2, -0.15) is 5.01 Å². The summed E-state index contributed by atoms with van der Waals surface area (Å²) in [5, 5.41) is 32.1. The van der Waals surface area contributed by atoms with Crippen molar-refractivity contribution in [1.82, 2.24) is 5.01 Å². The molecule has 6 atom stereocenters. The molecule has 2 aliphatic carbocycles. The molecule has 4 N–H and O–H groups in total. The minimum atomic E-state index is -1.85. The van der Waals surface area contributed by atoms with Gasteiger partial charge in [-0.25, -0.2) is 8.78 Å². The largest absolute Gasteiger partial charge is 0.505 e. The van der Waals surface area contributed by atoms with Gasteiger partial charge in [0, 0.05) is 16.5 Å². The number of allylic oxidation sites excluding steroid dienone is 2. The summed E-state index contributed by atoms with van der Waals surface area (Å²) in [5.41, 5.74) is 2.33. The molecule has 0 aromatic heterocycles. The van der Waals surface area contributed by atoms with Gasteiger partial charge in [-0.05, 0) is 84.4 Å². The van der Waals surface area contributed by atoms with Crippen LogP contribution in [0.1, 0.15) is 29.9 Å². The highest BCUT2D eigenvalue weighted by molar-refractivity contribution is 6.58. The van der Waals surface area contributed by atoms with Crippen LogP contribution in [0.5, 0.6) is 5.75 Å². The second-order valence-electron chi connectivity index (χ2n) is 13.5. The van der Waals surface area contributed by atoms with E-state index >= 15 is 9.18 Å². The summed E-state index contributed by atoms with van der Waals surface area (Å²) in [5.74, 6) is -9.78. The smallest absolute Gasteiger partial charge is 0.488 e. The molecule has 4 amide bonds. The van der Waals surface area contributed by atoms with Crippen LogP contribution in [0.4, 0.5) is 20.2 Å². The van der Waals surface area contributed by atoms with E-state index < -0.39 is 83.1 Å². The van der Waals surface area contributed by atoms with E-state index in [0.717, 1.165) is 28.1 Å². The number of para-hydroxylation sites is 1. The van der Waals surface area contributed by atoms with Gasteiger partial charge in [0.1, 0.15) is 5.82 Å². The van der Waals surface area contributed by atoms with Crippen LogP contribution in [0, 0.1) is 35.3 Å². The number of hydrogen-bond acceptors (Lipinski definition) is 8. The third-order valence-electron chi connectivity index (χ3n) is 11.0. The molecule has 1 saturated carbocycles. The van der Waals surface area contributed by atoms with Crippen LogP contribution in [0.3, 0.4) is 0 Å². The van der Waals surface area contributed by atoms with Crippen molar-refractivity contribution < 1.29 is 43.1 Å². The molecular formula is C38H29BClF2N3O7. The molecule has 2 heterocycles. The maximum Gasteiger partial charge on any atom is 0.488 e. The quantitative estimate of drug-likeness (QED) is 0.132. The molecule has 4 aromatic rings. The first-order valence-corrected chi connectivity index (χ1v) is 17.0. The van der Waals surface area contributed by atoms with Crippen LogP contribution in [0.2, 0.25) is 5.02 Å². The maximum atomic E-state index is 15.3. The van der Waals surface area contributed by atoms with Crippen molar-refractivity contribution in [3.8, 4) is 5.75 Å². The van der Waals surface area contributed by atoms with Crippen LogP contribution in [-0.4, -0.2) is 50.9 Å². The summed E-state index contributed by atoms with van der Waals surface area (Å²) < 4.78 is 29.1. The molecular weight excluding hydrogens is 695 g/mol. The number of carbonyl (C=O) groups excluding carboxylic acids is 4. The fourth-order valence-electron chi connectivity index (χ4n) is 8.84. The number of phenols is 1. The van der Waals surface area contributed by atoms with Crippen LogP contribution >= 0.6 is 11.6 Å². The van der Waals surface area contributed by atoms with Crippen molar-refractivity contribution in [1.29, 1.82) is 0 Å². The fourth-order valence-corrected chi connectivity index (χ4v) is 8.97. The van der Waals surface area contributed by atoms with Crippen LogP contribution in [-0.2, 0) is 24.6 Å². The highest BCUT2D eigenvalue weighted by atomic mass is 35.5. The van der Waals surface area contributed by atoms with Crippen molar-refractivity contribution in [2.45, 2.75) is 24.2 Å². The number of phenolic OH excluding ortho intramolecular Hbond substituents is 1.